The first kappa shape index (κ1) is 19.8. The Hall–Kier alpha value is -3.49. The first-order valence-electron chi connectivity index (χ1n) is 9.04. The summed E-state index contributed by atoms with van der Waals surface area (Å²) in [6, 6.07) is 18.6. The minimum absolute atomic E-state index is 0.0101. The van der Waals surface area contributed by atoms with Gasteiger partial charge in [-0.3, -0.25) is 4.98 Å². The number of benzene rings is 3. The zero-order chi connectivity index (χ0) is 21.3. The van der Waals surface area contributed by atoms with Gasteiger partial charge in [0.2, 0.25) is 10.0 Å². The molecule has 1 aromatic heterocycles. The maximum Gasteiger partial charge on any atom is 0.238 e. The third-order valence-corrected chi connectivity index (χ3v) is 5.72. The number of nitrogens with one attached hydrogen (secondary N) is 1. The summed E-state index contributed by atoms with van der Waals surface area (Å²) in [5.41, 5.74) is 2.30. The van der Waals surface area contributed by atoms with Gasteiger partial charge in [-0.05, 0) is 48.0 Å². The van der Waals surface area contributed by atoms with Gasteiger partial charge in [-0.15, -0.1) is 0 Å². The number of primary sulfonamides is 1. The lowest BCUT2D eigenvalue weighted by molar-refractivity contribution is 0.471. The lowest BCUT2D eigenvalue weighted by atomic mass is 9.96. The Balaban J connectivity index is 1.79. The van der Waals surface area contributed by atoms with Gasteiger partial charge in [-0.2, -0.15) is 0 Å². The maximum absolute atomic E-state index is 13.5. The quantitative estimate of drug-likeness (QED) is 0.451. The number of pyridine rings is 1. The summed E-state index contributed by atoms with van der Waals surface area (Å²) in [5, 5.41) is 20.1. The SMILES string of the molecule is NS(=O)(=O)c1ccc(NC(c2ccc(F)cc2)c2ccc3cccnc3c2O)cc1. The van der Waals surface area contributed by atoms with Crippen molar-refractivity contribution in [2.75, 3.05) is 5.32 Å². The minimum atomic E-state index is -3.81. The summed E-state index contributed by atoms with van der Waals surface area (Å²) in [4.78, 5) is 4.25. The second kappa shape index (κ2) is 7.74. The van der Waals surface area contributed by atoms with Crippen molar-refractivity contribution in [1.82, 2.24) is 4.98 Å². The van der Waals surface area contributed by atoms with E-state index in [0.717, 1.165) is 5.39 Å². The summed E-state index contributed by atoms with van der Waals surface area (Å²) >= 11 is 0. The van der Waals surface area contributed by atoms with E-state index in [1.165, 1.54) is 24.3 Å². The number of anilines is 1. The highest BCUT2D eigenvalue weighted by molar-refractivity contribution is 7.89. The summed E-state index contributed by atoms with van der Waals surface area (Å²) in [6.45, 7) is 0. The van der Waals surface area contributed by atoms with Crippen LogP contribution in [-0.2, 0) is 10.0 Å². The van der Waals surface area contributed by atoms with Crippen LogP contribution in [0.2, 0.25) is 0 Å². The molecule has 1 unspecified atom stereocenters. The molecule has 4 rings (SSSR count). The number of hydrogen-bond acceptors (Lipinski definition) is 5. The Kier molecular flexibility index (Phi) is 5.11. The fourth-order valence-corrected chi connectivity index (χ4v) is 3.80. The largest absolute Gasteiger partial charge is 0.505 e. The molecule has 4 aromatic rings. The number of sulfonamides is 1. The number of phenols is 1. The Labute approximate surface area is 172 Å². The Bertz CT molecular complexity index is 1310. The molecule has 30 heavy (non-hydrogen) atoms. The highest BCUT2D eigenvalue weighted by Crippen LogP contribution is 2.36. The molecule has 0 bridgehead atoms. The molecule has 4 N–H and O–H groups in total. The third-order valence-electron chi connectivity index (χ3n) is 4.79. The van der Waals surface area contributed by atoms with Gasteiger partial charge in [0.1, 0.15) is 17.1 Å². The van der Waals surface area contributed by atoms with Gasteiger partial charge in [-0.25, -0.2) is 17.9 Å². The van der Waals surface area contributed by atoms with Crippen molar-refractivity contribution >= 4 is 26.6 Å². The highest BCUT2D eigenvalue weighted by Gasteiger charge is 2.20. The van der Waals surface area contributed by atoms with Crippen molar-refractivity contribution in [2.45, 2.75) is 10.9 Å². The van der Waals surface area contributed by atoms with Crippen LogP contribution in [-0.4, -0.2) is 18.5 Å². The van der Waals surface area contributed by atoms with Crippen LogP contribution in [0.5, 0.6) is 5.75 Å². The van der Waals surface area contributed by atoms with E-state index in [1.54, 1.807) is 42.6 Å². The van der Waals surface area contributed by atoms with Crippen LogP contribution in [0, 0.1) is 5.82 Å². The molecule has 0 amide bonds. The van der Waals surface area contributed by atoms with E-state index in [2.05, 4.69) is 10.3 Å². The molecule has 152 valence electrons. The number of aromatic hydroxyl groups is 1. The number of fused-ring (bicyclic) bond motifs is 1. The number of halogens is 1. The topological polar surface area (TPSA) is 105 Å². The molecule has 1 atom stereocenters. The average molecular weight is 423 g/mol. The molecule has 0 aliphatic carbocycles. The molecule has 0 radical (unpaired) electrons. The maximum atomic E-state index is 13.5. The average Bonchev–Trinajstić information content (AvgIpc) is 2.73. The molecule has 3 aromatic carbocycles. The van der Waals surface area contributed by atoms with Crippen LogP contribution in [0.25, 0.3) is 10.9 Å². The second-order valence-corrected chi connectivity index (χ2v) is 8.34. The van der Waals surface area contributed by atoms with Crippen molar-refractivity contribution in [2.24, 2.45) is 5.14 Å². The zero-order valence-electron chi connectivity index (χ0n) is 15.7. The Morgan fingerprint density at radius 3 is 2.33 bits per heavy atom. The van der Waals surface area contributed by atoms with Crippen molar-refractivity contribution in [3.8, 4) is 5.75 Å². The fourth-order valence-electron chi connectivity index (χ4n) is 3.28. The van der Waals surface area contributed by atoms with Crippen LogP contribution in [0.1, 0.15) is 17.2 Å². The van der Waals surface area contributed by atoms with Crippen LogP contribution < -0.4 is 10.5 Å². The van der Waals surface area contributed by atoms with E-state index in [-0.39, 0.29) is 16.5 Å². The van der Waals surface area contributed by atoms with Gasteiger partial charge in [0.25, 0.3) is 0 Å². The Morgan fingerprint density at radius 1 is 0.967 bits per heavy atom. The van der Waals surface area contributed by atoms with E-state index in [0.29, 0.717) is 22.3 Å². The van der Waals surface area contributed by atoms with Crippen LogP contribution in [0.3, 0.4) is 0 Å². The summed E-state index contributed by atoms with van der Waals surface area (Å²) < 4.78 is 36.5. The number of hydrogen-bond donors (Lipinski definition) is 3. The molecule has 0 saturated heterocycles. The zero-order valence-corrected chi connectivity index (χ0v) is 16.5. The molecule has 0 aliphatic rings. The lowest BCUT2D eigenvalue weighted by Gasteiger charge is -2.22. The molecular formula is C22H18FN3O3S. The molecule has 1 heterocycles. The summed E-state index contributed by atoms with van der Waals surface area (Å²) in [7, 11) is -3.81. The van der Waals surface area contributed by atoms with Gasteiger partial charge >= 0.3 is 0 Å². The monoisotopic (exact) mass is 423 g/mol. The number of nitrogens with two attached hydrogens (primary N) is 1. The second-order valence-electron chi connectivity index (χ2n) is 6.78. The third kappa shape index (κ3) is 3.96. The predicted octanol–water partition coefficient (Wildman–Crippen LogP) is 3.93. The summed E-state index contributed by atoms with van der Waals surface area (Å²) in [5.74, 6) is -0.365. The molecule has 0 fully saturated rings. The van der Waals surface area contributed by atoms with Crippen LogP contribution in [0.15, 0.2) is 83.9 Å². The smallest absolute Gasteiger partial charge is 0.238 e. The van der Waals surface area contributed by atoms with Gasteiger partial charge in [0.15, 0.2) is 0 Å². The molecule has 0 spiro atoms. The number of phenolic OH excluding ortho intramolecular Hbond substituents is 1. The van der Waals surface area contributed by atoms with E-state index >= 15 is 0 Å². The lowest BCUT2D eigenvalue weighted by Crippen LogP contribution is -2.14. The van der Waals surface area contributed by atoms with E-state index in [1.807, 2.05) is 12.1 Å². The van der Waals surface area contributed by atoms with Crippen molar-refractivity contribution in [3.05, 3.63) is 95.9 Å². The highest BCUT2D eigenvalue weighted by atomic mass is 32.2. The van der Waals surface area contributed by atoms with E-state index in [4.69, 9.17) is 5.14 Å². The normalized spacial score (nSPS) is 12.6. The molecule has 0 saturated carbocycles. The van der Waals surface area contributed by atoms with Crippen LogP contribution >= 0.6 is 0 Å². The summed E-state index contributed by atoms with van der Waals surface area (Å²) in [6.07, 6.45) is 1.60. The molecular weight excluding hydrogens is 405 g/mol. The van der Waals surface area contributed by atoms with Crippen molar-refractivity contribution < 1.29 is 17.9 Å². The molecule has 6 nitrogen and oxygen atoms in total. The standard InChI is InChI=1S/C22H18FN3O3S/c23-16-6-3-15(4-7-16)20(26-17-8-10-18(11-9-17)30(24,28)29)19-12-5-14-2-1-13-25-21(14)22(19)27/h1-13,20,26-27H,(H2,24,28,29). The first-order valence-corrected chi connectivity index (χ1v) is 10.6. The minimum Gasteiger partial charge on any atom is -0.505 e. The van der Waals surface area contributed by atoms with Crippen LogP contribution in [0.4, 0.5) is 10.1 Å². The van der Waals surface area contributed by atoms with Gasteiger partial charge in [-0.1, -0.05) is 30.3 Å². The predicted molar refractivity (Wildman–Crippen MR) is 113 cm³/mol. The van der Waals surface area contributed by atoms with Gasteiger partial charge in [0.05, 0.1) is 10.9 Å². The number of aromatic nitrogens is 1. The molecule has 0 aliphatic heterocycles. The van der Waals surface area contributed by atoms with E-state index in [9.17, 15) is 17.9 Å². The van der Waals surface area contributed by atoms with Crippen molar-refractivity contribution in [3.63, 3.8) is 0 Å². The molecule has 8 heteroatoms. The first-order chi connectivity index (χ1) is 14.3. The van der Waals surface area contributed by atoms with Crippen molar-refractivity contribution in [1.29, 1.82) is 0 Å². The van der Waals surface area contributed by atoms with E-state index < -0.39 is 16.1 Å². The number of rotatable bonds is 5. The number of nitrogens with zero attached hydrogens (tertiary/aromatic N) is 1. The van der Waals surface area contributed by atoms with Gasteiger partial charge < -0.3 is 10.4 Å². The fraction of sp³-hybridized carbons (Fsp3) is 0.0455. The van der Waals surface area contributed by atoms with Gasteiger partial charge in [0, 0.05) is 22.8 Å². The Morgan fingerprint density at radius 2 is 1.67 bits per heavy atom.